The van der Waals surface area contributed by atoms with Gasteiger partial charge in [0.15, 0.2) is 5.58 Å². The minimum Gasteiger partial charge on any atom is -0.496 e. The van der Waals surface area contributed by atoms with Crippen LogP contribution >= 0.6 is 11.3 Å². The van der Waals surface area contributed by atoms with Gasteiger partial charge in [-0.25, -0.2) is 18.4 Å². The second kappa shape index (κ2) is 15.9. The summed E-state index contributed by atoms with van der Waals surface area (Å²) in [5.74, 6) is -0.806. The van der Waals surface area contributed by atoms with Gasteiger partial charge in [0.2, 0.25) is 27.7 Å². The van der Waals surface area contributed by atoms with E-state index in [1.165, 1.54) is 16.2 Å². The fourth-order valence-electron chi connectivity index (χ4n) is 8.21. The van der Waals surface area contributed by atoms with Crippen LogP contribution in [0, 0.1) is 18.3 Å². The molecule has 5 atom stereocenters. The molecule has 3 amide bonds. The van der Waals surface area contributed by atoms with Crippen molar-refractivity contribution in [3.8, 4) is 22.3 Å². The van der Waals surface area contributed by atoms with Crippen LogP contribution in [0.25, 0.3) is 32.6 Å². The number of benzene rings is 2. The molecule has 15 nitrogen and oxygen atoms in total. The fourth-order valence-corrected chi connectivity index (χ4v) is 10.5. The lowest BCUT2D eigenvalue weighted by molar-refractivity contribution is -0.141. The maximum absolute atomic E-state index is 15.0. The second-order valence-corrected chi connectivity index (χ2v) is 20.7. The number of nitrogens with one attached hydrogen (secondary N) is 3. The number of methoxy groups -OCH3 is 1. The third-order valence-electron chi connectivity index (χ3n) is 12.1. The number of aryl methyl sites for hydroxylation is 1. The molecular formula is C44H53N7O8S2. The number of thiazole rings is 1. The second-order valence-electron chi connectivity index (χ2n) is 17.9. The highest BCUT2D eigenvalue weighted by Crippen LogP contribution is 2.47. The average molecular weight is 872 g/mol. The van der Waals surface area contributed by atoms with Crippen LogP contribution in [-0.4, -0.2) is 88.6 Å². The Labute approximate surface area is 359 Å². The molecule has 8 rings (SSSR count). The monoisotopic (exact) mass is 871 g/mol. The first kappa shape index (κ1) is 42.4. The van der Waals surface area contributed by atoms with E-state index < -0.39 is 62.1 Å². The molecule has 3 aliphatic rings. The van der Waals surface area contributed by atoms with E-state index in [2.05, 4.69) is 34.2 Å². The van der Waals surface area contributed by atoms with Gasteiger partial charge >= 0.3 is 0 Å². The zero-order valence-electron chi connectivity index (χ0n) is 35.7. The third-order valence-corrected chi connectivity index (χ3v) is 14.8. The van der Waals surface area contributed by atoms with Crippen LogP contribution in [0.15, 0.2) is 52.3 Å². The van der Waals surface area contributed by atoms with Crippen molar-refractivity contribution >= 4 is 67.0 Å². The number of amides is 3. The lowest BCUT2D eigenvalue weighted by Crippen LogP contribution is -2.58. The fraction of sp³-hybridized carbons (Fsp3) is 0.500. The SMILES string of the molecule is CC[C@@H]1C[C@]1(NC(=O)[C@@H]1C[C@@H](Oc2nc(-c3nc(C(C)C)cs3)cc3c(C)c(OC)ccc23)CN1C(=O)[C@@H](Nc1nc2ccccc2o1)C(C)(C)C)C(=O)NS(=O)(=O)C1CC1. The van der Waals surface area contributed by atoms with Crippen molar-refractivity contribution < 1.29 is 36.7 Å². The standard InChI is InChI=1S/C44H53N7O8S2/c1-9-25-20-44(25,41(54)50-61(55,56)27-14-15-27)49-37(52)33-18-26(21-51(33)40(53)36(43(5,6)7)48-42-47-30-12-10-11-13-35(30)59-42)58-38-28-16-17-34(57-8)24(4)29(28)19-31(45-38)39-46-32(22-60-39)23(2)3/h10-13,16-17,19,22-23,25-27,33,36H,9,14-15,18,20-21H2,1-8H3,(H,47,48)(H,49,52)(H,50,54)/t25-,26-,33+,36-,44-/m1/s1. The highest BCUT2D eigenvalue weighted by molar-refractivity contribution is 7.91. The van der Waals surface area contributed by atoms with E-state index in [1.54, 1.807) is 13.2 Å². The average Bonchev–Trinajstić information content (AvgIpc) is 4.02. The molecule has 0 radical (unpaired) electrons. The Morgan fingerprint density at radius 2 is 1.82 bits per heavy atom. The third kappa shape index (κ3) is 8.25. The van der Waals surface area contributed by atoms with Crippen molar-refractivity contribution in [2.24, 2.45) is 11.3 Å². The Bertz CT molecular complexity index is 2600. The molecule has 0 spiro atoms. The van der Waals surface area contributed by atoms with Crippen molar-refractivity contribution in [1.29, 1.82) is 0 Å². The minimum atomic E-state index is -3.88. The lowest BCUT2D eigenvalue weighted by atomic mass is 9.85. The summed E-state index contributed by atoms with van der Waals surface area (Å²) in [5, 5.41) is 9.86. The molecule has 4 heterocycles. The number of hydrogen-bond donors (Lipinski definition) is 3. The van der Waals surface area contributed by atoms with Gasteiger partial charge in [0, 0.05) is 17.2 Å². The predicted octanol–water partition coefficient (Wildman–Crippen LogP) is 6.71. The highest BCUT2D eigenvalue weighted by atomic mass is 32.2. The number of anilines is 1. The van der Waals surface area contributed by atoms with Crippen LogP contribution in [-0.2, 0) is 24.4 Å². The number of carbonyl (C=O) groups excluding carboxylic acids is 3. The molecule has 0 unspecified atom stereocenters. The number of hydrogen-bond acceptors (Lipinski definition) is 13. The van der Waals surface area contributed by atoms with E-state index in [4.69, 9.17) is 23.9 Å². The van der Waals surface area contributed by atoms with Gasteiger partial charge < -0.3 is 29.4 Å². The molecule has 0 bridgehead atoms. The molecule has 3 N–H and O–H groups in total. The van der Waals surface area contributed by atoms with Gasteiger partial charge in [-0.15, -0.1) is 11.3 Å². The summed E-state index contributed by atoms with van der Waals surface area (Å²) < 4.78 is 46.5. The maximum Gasteiger partial charge on any atom is 0.296 e. The largest absolute Gasteiger partial charge is 0.496 e. The smallest absolute Gasteiger partial charge is 0.296 e. The number of carbonyl (C=O) groups is 3. The van der Waals surface area contributed by atoms with Gasteiger partial charge in [-0.1, -0.05) is 60.1 Å². The van der Waals surface area contributed by atoms with E-state index in [-0.39, 0.29) is 37.2 Å². The van der Waals surface area contributed by atoms with Gasteiger partial charge in [0.25, 0.3) is 11.9 Å². The molecule has 3 fully saturated rings. The molecule has 5 aromatic rings. The number of nitrogens with zero attached hydrogens (tertiary/aromatic N) is 4. The molecule has 324 valence electrons. The number of fused-ring (bicyclic) bond motifs is 2. The number of ether oxygens (including phenoxy) is 2. The Balaban J connectivity index is 1.15. The van der Waals surface area contributed by atoms with Crippen molar-refractivity contribution in [3.05, 3.63) is 59.1 Å². The molecule has 2 aliphatic carbocycles. The first-order chi connectivity index (χ1) is 28.9. The maximum atomic E-state index is 15.0. The van der Waals surface area contributed by atoms with Crippen LogP contribution in [0.1, 0.15) is 90.8 Å². The normalized spacial score (nSPS) is 22.0. The van der Waals surface area contributed by atoms with Crippen LogP contribution < -0.4 is 24.8 Å². The molecule has 2 aromatic carbocycles. The summed E-state index contributed by atoms with van der Waals surface area (Å²) in [6, 6.07) is 11.1. The van der Waals surface area contributed by atoms with Crippen molar-refractivity contribution in [3.63, 3.8) is 0 Å². The van der Waals surface area contributed by atoms with Gasteiger partial charge in [0.05, 0.1) is 24.6 Å². The zero-order valence-corrected chi connectivity index (χ0v) is 37.3. The van der Waals surface area contributed by atoms with E-state index in [0.29, 0.717) is 47.7 Å². The summed E-state index contributed by atoms with van der Waals surface area (Å²) in [4.78, 5) is 59.4. The number of aromatic nitrogens is 3. The van der Waals surface area contributed by atoms with Crippen LogP contribution in [0.2, 0.25) is 0 Å². The molecule has 1 saturated heterocycles. The minimum absolute atomic E-state index is 0.00247. The molecule has 61 heavy (non-hydrogen) atoms. The van der Waals surface area contributed by atoms with Crippen LogP contribution in [0.3, 0.4) is 0 Å². The molecule has 1 aliphatic heterocycles. The van der Waals surface area contributed by atoms with Gasteiger partial charge in [-0.3, -0.25) is 19.1 Å². The van der Waals surface area contributed by atoms with Gasteiger partial charge in [-0.2, -0.15) is 4.98 Å². The van der Waals surface area contributed by atoms with E-state index in [1.807, 2.05) is 76.4 Å². The van der Waals surface area contributed by atoms with Crippen molar-refractivity contribution in [1.82, 2.24) is 29.9 Å². The topological polar surface area (TPSA) is 195 Å². The first-order valence-electron chi connectivity index (χ1n) is 20.8. The molecular weight excluding hydrogens is 819 g/mol. The Morgan fingerprint density at radius 1 is 1.07 bits per heavy atom. The number of likely N-dealkylation sites (tertiary alicyclic amines) is 1. The van der Waals surface area contributed by atoms with Gasteiger partial charge in [0.1, 0.15) is 45.7 Å². The van der Waals surface area contributed by atoms with E-state index >= 15 is 4.79 Å². The summed E-state index contributed by atoms with van der Waals surface area (Å²) in [6.07, 6.45) is 1.11. The first-order valence-corrected chi connectivity index (χ1v) is 23.3. The Morgan fingerprint density at radius 3 is 2.46 bits per heavy atom. The Hall–Kier alpha value is -5.29. The van der Waals surface area contributed by atoms with E-state index in [9.17, 15) is 18.0 Å². The van der Waals surface area contributed by atoms with Gasteiger partial charge in [-0.05, 0) is 84.7 Å². The lowest BCUT2D eigenvalue weighted by Gasteiger charge is -2.35. The quantitative estimate of drug-likeness (QED) is 0.107. The van der Waals surface area contributed by atoms with Crippen LogP contribution in [0.4, 0.5) is 6.01 Å². The van der Waals surface area contributed by atoms with Crippen molar-refractivity contribution in [2.75, 3.05) is 19.0 Å². The number of para-hydroxylation sites is 2. The number of pyridine rings is 1. The summed E-state index contributed by atoms with van der Waals surface area (Å²) in [6.45, 7) is 13.7. The number of sulfonamides is 1. The Kier molecular flexibility index (Phi) is 11.0. The summed E-state index contributed by atoms with van der Waals surface area (Å²) in [7, 11) is -2.26. The van der Waals surface area contributed by atoms with Crippen LogP contribution in [0.5, 0.6) is 11.6 Å². The number of oxazole rings is 1. The van der Waals surface area contributed by atoms with E-state index in [0.717, 1.165) is 27.0 Å². The summed E-state index contributed by atoms with van der Waals surface area (Å²) in [5.41, 5.74) is 1.47. The highest BCUT2D eigenvalue weighted by Gasteiger charge is 2.62. The number of rotatable bonds is 14. The molecule has 3 aromatic heterocycles. The van der Waals surface area contributed by atoms with Crippen molar-refractivity contribution in [2.45, 2.75) is 115 Å². The predicted molar refractivity (Wildman–Crippen MR) is 233 cm³/mol. The molecule has 17 heteroatoms. The zero-order chi connectivity index (χ0) is 43.6. The molecule has 2 saturated carbocycles. The summed E-state index contributed by atoms with van der Waals surface area (Å²) >= 11 is 1.49.